The standard InChI is InChI=1S/C15H8F6.C15H13.C13H21.2ClH.Zr/c16-14(17,18)12-5-1-10(2-6-12)9-11-3-7-13(8-4-11)15(19,20)21;1-10-3-5-14-12(7-10)9-13-8-11(2)4-6-15(13)14;1-5-6-7-11-8-9-12(10-11)13(2,3)4;;;/h1-8H;3-9H,1-2H3;9-11H,5-7H2,1-4H3;2*1H;/q;2*-1;;;+2/p-2. The maximum Gasteiger partial charge on any atom is -1.00 e. The Kier molecular flexibility index (Phi) is 16.5. The van der Waals surface area contributed by atoms with Crippen LogP contribution in [0.2, 0.25) is 0 Å². The summed E-state index contributed by atoms with van der Waals surface area (Å²) in [5, 5.41) is 5.46. The number of fused-ring (bicyclic) bond motifs is 3. The molecule has 0 aliphatic heterocycles. The van der Waals surface area contributed by atoms with Crippen molar-refractivity contribution in [3.8, 4) is 0 Å². The summed E-state index contributed by atoms with van der Waals surface area (Å²) in [6.07, 6.45) is 3.06. The molecule has 0 nitrogen and oxygen atoms in total. The van der Waals surface area contributed by atoms with Gasteiger partial charge in [0, 0.05) is 0 Å². The first-order chi connectivity index (χ1) is 23.4. The van der Waals surface area contributed by atoms with E-state index in [-0.39, 0.29) is 24.8 Å². The molecule has 0 amide bonds. The maximum absolute atomic E-state index is 12.5. The van der Waals surface area contributed by atoms with E-state index in [2.05, 4.69) is 102 Å². The van der Waals surface area contributed by atoms with Crippen molar-refractivity contribution in [2.45, 2.75) is 73.2 Å². The molecule has 1 aliphatic carbocycles. The molecule has 0 aromatic heterocycles. The second-order valence-electron chi connectivity index (χ2n) is 13.8. The molecule has 1 aliphatic rings. The van der Waals surface area contributed by atoms with Gasteiger partial charge in [-0.1, -0.05) is 93.7 Å². The van der Waals surface area contributed by atoms with Crippen LogP contribution in [0.15, 0.2) is 109 Å². The molecule has 0 bridgehead atoms. The second-order valence-corrected chi connectivity index (χ2v) is 15.0. The summed E-state index contributed by atoms with van der Waals surface area (Å²) in [4.78, 5) is 0. The van der Waals surface area contributed by atoms with Crippen LogP contribution in [0.25, 0.3) is 21.5 Å². The van der Waals surface area contributed by atoms with Gasteiger partial charge in [-0.2, -0.15) is 11.6 Å². The molecule has 0 saturated heterocycles. The average Bonchev–Trinajstić information content (AvgIpc) is 3.68. The zero-order chi connectivity index (χ0) is 36.9. The summed E-state index contributed by atoms with van der Waals surface area (Å²) in [6.45, 7) is 13.3. The molecular weight excluding hydrogens is 793 g/mol. The van der Waals surface area contributed by atoms with Crippen LogP contribution in [0.1, 0.15) is 80.3 Å². The van der Waals surface area contributed by atoms with Gasteiger partial charge in [0.2, 0.25) is 0 Å². The van der Waals surface area contributed by atoms with Crippen molar-refractivity contribution < 1.29 is 75.4 Å². The van der Waals surface area contributed by atoms with Crippen molar-refractivity contribution in [3.63, 3.8) is 0 Å². The maximum atomic E-state index is 12.5. The Balaban J connectivity index is 0.000000276. The molecule has 0 spiro atoms. The molecule has 9 heteroatoms. The van der Waals surface area contributed by atoms with E-state index in [0.29, 0.717) is 25.7 Å². The van der Waals surface area contributed by atoms with Crippen molar-refractivity contribution in [1.29, 1.82) is 0 Å². The number of alkyl halides is 6. The third-order valence-corrected chi connectivity index (χ3v) is 10.0. The first-order valence-corrected chi connectivity index (χ1v) is 17.9. The van der Waals surface area contributed by atoms with Gasteiger partial charge < -0.3 is 24.8 Å². The molecule has 0 N–H and O–H groups in total. The summed E-state index contributed by atoms with van der Waals surface area (Å²) in [6, 6.07) is 24.7. The van der Waals surface area contributed by atoms with Crippen LogP contribution >= 0.6 is 0 Å². The van der Waals surface area contributed by atoms with Gasteiger partial charge in [-0.05, 0) is 13.8 Å². The topological polar surface area (TPSA) is 0 Å². The largest absolute Gasteiger partial charge is 1.00 e. The Morgan fingerprint density at radius 3 is 1.46 bits per heavy atom. The van der Waals surface area contributed by atoms with Gasteiger partial charge >= 0.3 is 137 Å². The summed E-state index contributed by atoms with van der Waals surface area (Å²) < 4.78 is 75.6. The van der Waals surface area contributed by atoms with Crippen molar-refractivity contribution >= 4 is 24.8 Å². The monoisotopic (exact) mass is 832 g/mol. The third kappa shape index (κ3) is 12.4. The van der Waals surface area contributed by atoms with Gasteiger partial charge in [0.05, 0.1) is 0 Å². The molecule has 5 aromatic rings. The predicted octanol–water partition coefficient (Wildman–Crippen LogP) is 7.31. The van der Waals surface area contributed by atoms with Gasteiger partial charge in [-0.3, -0.25) is 6.08 Å². The van der Waals surface area contributed by atoms with E-state index >= 15 is 0 Å². The Bertz CT molecular complexity index is 1860. The molecule has 0 radical (unpaired) electrons. The molecule has 5 aromatic carbocycles. The molecule has 6 rings (SSSR count). The number of hydrogen-bond acceptors (Lipinski definition) is 0. The Labute approximate surface area is 330 Å². The Morgan fingerprint density at radius 1 is 0.692 bits per heavy atom. The zero-order valence-corrected chi connectivity index (χ0v) is 34.0. The Hall–Kier alpha value is -2.86. The summed E-state index contributed by atoms with van der Waals surface area (Å²) in [5.74, 6) is 0.592. The van der Waals surface area contributed by atoms with Crippen LogP contribution in [0, 0.1) is 31.3 Å². The SMILES string of the molecule is CCCCC1[C-]=CC(C(C)(C)C)=C1.Cc1ccc2c(c1)[cH-]c1cc(C)ccc12.FC(F)(F)c1ccc([C](=[Zr+2])c2ccc(C(F)(F)F)cc2)cc1.[Cl-].[Cl-]. The summed E-state index contributed by atoms with van der Waals surface area (Å²) in [5.41, 5.74) is 4.02. The van der Waals surface area contributed by atoms with E-state index < -0.39 is 23.5 Å². The van der Waals surface area contributed by atoms with Crippen LogP contribution in [0.5, 0.6) is 0 Å². The molecule has 0 saturated carbocycles. The molecule has 1 atom stereocenters. The number of aryl methyl sites for hydroxylation is 2. The summed E-state index contributed by atoms with van der Waals surface area (Å²) in [7, 11) is 0. The average molecular weight is 835 g/mol. The van der Waals surface area contributed by atoms with Crippen molar-refractivity contribution in [2.75, 3.05) is 0 Å². The van der Waals surface area contributed by atoms with Gasteiger partial charge in [0.1, 0.15) is 0 Å². The van der Waals surface area contributed by atoms with Crippen LogP contribution in [-0.2, 0) is 36.6 Å². The van der Waals surface area contributed by atoms with Gasteiger partial charge in [-0.25, -0.2) is 6.08 Å². The van der Waals surface area contributed by atoms with E-state index in [0.717, 1.165) is 48.5 Å². The van der Waals surface area contributed by atoms with E-state index in [1.165, 1.54) is 81.8 Å². The van der Waals surface area contributed by atoms with E-state index in [1.54, 1.807) is 0 Å². The molecule has 0 heterocycles. The quantitative estimate of drug-likeness (QED) is 0.129. The number of allylic oxidation sites excluding steroid dienone is 4. The minimum Gasteiger partial charge on any atom is -1.00 e. The normalized spacial score (nSPS) is 14.0. The third-order valence-electron chi connectivity index (χ3n) is 8.59. The van der Waals surface area contributed by atoms with E-state index in [4.69, 9.17) is 0 Å². The van der Waals surface area contributed by atoms with Crippen molar-refractivity contribution in [1.82, 2.24) is 0 Å². The molecule has 1 unspecified atom stereocenters. The number of benzene rings is 4. The van der Waals surface area contributed by atoms with E-state index in [9.17, 15) is 26.3 Å². The minimum atomic E-state index is -4.41. The number of halogens is 8. The zero-order valence-electron chi connectivity index (χ0n) is 30.0. The van der Waals surface area contributed by atoms with Crippen LogP contribution in [-0.4, -0.2) is 3.21 Å². The van der Waals surface area contributed by atoms with Crippen LogP contribution in [0.3, 0.4) is 0 Å². The van der Waals surface area contributed by atoms with Gasteiger partial charge in [-0.15, -0.1) is 39.7 Å². The van der Waals surface area contributed by atoms with Crippen molar-refractivity contribution in [2.24, 2.45) is 11.3 Å². The van der Waals surface area contributed by atoms with Gasteiger partial charge in [0.25, 0.3) is 0 Å². The van der Waals surface area contributed by atoms with Crippen molar-refractivity contribution in [3.05, 3.63) is 148 Å². The first kappa shape index (κ1) is 45.3. The molecule has 52 heavy (non-hydrogen) atoms. The number of hydrogen-bond donors (Lipinski definition) is 0. The first-order valence-electron chi connectivity index (χ1n) is 16.7. The van der Waals surface area contributed by atoms with Crippen LogP contribution < -0.4 is 24.8 Å². The molecular formula is C43H42Cl2F6Zr-2. The predicted molar refractivity (Wildman–Crippen MR) is 191 cm³/mol. The Morgan fingerprint density at radius 2 is 1.12 bits per heavy atom. The fourth-order valence-electron chi connectivity index (χ4n) is 5.65. The molecule has 0 fully saturated rings. The summed E-state index contributed by atoms with van der Waals surface area (Å²) >= 11 is 0.898. The van der Waals surface area contributed by atoms with Crippen LogP contribution in [0.4, 0.5) is 26.3 Å². The second kappa shape index (κ2) is 18.9. The minimum absolute atomic E-state index is 0. The number of rotatable bonds is 5. The smallest absolute Gasteiger partial charge is 1.00 e. The molecule has 276 valence electrons. The van der Waals surface area contributed by atoms with Gasteiger partial charge in [0.15, 0.2) is 0 Å². The fourth-order valence-corrected chi connectivity index (χ4v) is 6.47. The fraction of sp³-hybridized carbons (Fsp3) is 0.302. The number of unbranched alkanes of at least 4 members (excludes halogenated alkanes) is 1. The van der Waals surface area contributed by atoms with E-state index in [1.807, 2.05) is 0 Å².